The Labute approximate surface area is 148 Å². The minimum atomic E-state index is 0.147. The molecule has 0 unspecified atom stereocenters. The average Bonchev–Trinajstić information content (AvgIpc) is 3.31. The Hall–Kier alpha value is -2.99. The average molecular weight is 356 g/mol. The van der Waals surface area contributed by atoms with Crippen molar-refractivity contribution in [2.75, 3.05) is 5.32 Å². The second kappa shape index (κ2) is 6.86. The van der Waals surface area contributed by atoms with Gasteiger partial charge in [0.15, 0.2) is 0 Å². The summed E-state index contributed by atoms with van der Waals surface area (Å²) < 4.78 is 16.2. The van der Waals surface area contributed by atoms with Crippen LogP contribution in [0.5, 0.6) is 5.75 Å². The summed E-state index contributed by atoms with van der Waals surface area (Å²) in [6, 6.07) is 11.2. The fourth-order valence-electron chi connectivity index (χ4n) is 2.47. The Morgan fingerprint density at radius 3 is 2.84 bits per heavy atom. The van der Waals surface area contributed by atoms with Crippen LogP contribution in [0.3, 0.4) is 0 Å². The van der Waals surface area contributed by atoms with Crippen LogP contribution < -0.4 is 10.1 Å². The molecule has 0 saturated carbocycles. The summed E-state index contributed by atoms with van der Waals surface area (Å²) in [5, 5.41) is 4.19. The lowest BCUT2D eigenvalue weighted by Gasteiger charge is -2.11. The number of furan rings is 2. The zero-order valence-corrected chi connectivity index (χ0v) is 13.9. The summed E-state index contributed by atoms with van der Waals surface area (Å²) in [7, 11) is 0. The molecule has 1 aromatic carbocycles. The van der Waals surface area contributed by atoms with Gasteiger partial charge in [-0.25, -0.2) is 9.97 Å². The van der Waals surface area contributed by atoms with Crippen LogP contribution in [0.4, 0.5) is 5.82 Å². The molecule has 4 rings (SSSR count). The molecule has 0 fully saturated rings. The first-order valence-electron chi connectivity index (χ1n) is 7.66. The number of nitrogens with one attached hydrogen (secondary N) is 1. The van der Waals surface area contributed by atoms with E-state index in [9.17, 15) is 0 Å². The van der Waals surface area contributed by atoms with Crippen LogP contribution in [0.25, 0.3) is 10.9 Å². The van der Waals surface area contributed by atoms with Gasteiger partial charge in [0, 0.05) is 10.9 Å². The van der Waals surface area contributed by atoms with Gasteiger partial charge in [0.2, 0.25) is 5.28 Å². The van der Waals surface area contributed by atoms with Gasteiger partial charge in [-0.1, -0.05) is 6.07 Å². The van der Waals surface area contributed by atoms with Crippen molar-refractivity contribution in [3.05, 3.63) is 71.8 Å². The van der Waals surface area contributed by atoms with Crippen molar-refractivity contribution in [2.24, 2.45) is 0 Å². The van der Waals surface area contributed by atoms with E-state index in [1.165, 1.54) is 0 Å². The van der Waals surface area contributed by atoms with Gasteiger partial charge in [-0.15, -0.1) is 0 Å². The lowest BCUT2D eigenvalue weighted by Crippen LogP contribution is -2.03. The molecular weight excluding hydrogens is 342 g/mol. The molecule has 0 bridgehead atoms. The molecule has 0 spiro atoms. The molecule has 4 aromatic rings. The third kappa shape index (κ3) is 3.44. The van der Waals surface area contributed by atoms with Crippen molar-refractivity contribution in [2.45, 2.75) is 13.2 Å². The number of para-hydroxylation sites is 1. The van der Waals surface area contributed by atoms with Gasteiger partial charge in [0.25, 0.3) is 0 Å². The van der Waals surface area contributed by atoms with Gasteiger partial charge in [-0.05, 0) is 41.9 Å². The monoisotopic (exact) mass is 355 g/mol. The quantitative estimate of drug-likeness (QED) is 0.507. The summed E-state index contributed by atoms with van der Waals surface area (Å²) >= 11 is 6.10. The minimum Gasteiger partial charge on any atom is -0.486 e. The van der Waals surface area contributed by atoms with E-state index in [1.54, 1.807) is 18.8 Å². The number of anilines is 1. The molecule has 3 aromatic heterocycles. The molecule has 6 nitrogen and oxygen atoms in total. The van der Waals surface area contributed by atoms with Crippen molar-refractivity contribution in [3.63, 3.8) is 0 Å². The number of halogens is 1. The summed E-state index contributed by atoms with van der Waals surface area (Å²) in [6.07, 6.45) is 4.88. The number of nitrogens with zero attached hydrogens (tertiary/aromatic N) is 2. The standard InChI is InChI=1S/C18H14ClN3O3/c19-18-21-16-14(17(22-18)20-9-13-3-2-7-24-13)4-1-5-15(16)25-11-12-6-8-23-10-12/h1-8,10H,9,11H2,(H,20,21,22). The molecule has 3 heterocycles. The molecule has 0 aliphatic rings. The van der Waals surface area contributed by atoms with Crippen LogP contribution >= 0.6 is 11.6 Å². The first kappa shape index (κ1) is 15.5. The van der Waals surface area contributed by atoms with E-state index in [2.05, 4.69) is 15.3 Å². The van der Waals surface area contributed by atoms with Crippen LogP contribution in [0.2, 0.25) is 5.28 Å². The highest BCUT2D eigenvalue weighted by atomic mass is 35.5. The van der Waals surface area contributed by atoms with Crippen LogP contribution in [0.15, 0.2) is 64.0 Å². The third-order valence-corrected chi connectivity index (χ3v) is 3.82. The topological polar surface area (TPSA) is 73.3 Å². The Morgan fingerprint density at radius 2 is 2.04 bits per heavy atom. The minimum absolute atomic E-state index is 0.147. The lowest BCUT2D eigenvalue weighted by molar-refractivity contribution is 0.308. The van der Waals surface area contributed by atoms with Crippen molar-refractivity contribution in [1.29, 1.82) is 0 Å². The molecule has 25 heavy (non-hydrogen) atoms. The fourth-order valence-corrected chi connectivity index (χ4v) is 2.64. The normalized spacial score (nSPS) is 10.9. The molecular formula is C18H14ClN3O3. The second-order valence-electron chi connectivity index (χ2n) is 5.35. The highest BCUT2D eigenvalue weighted by Gasteiger charge is 2.12. The van der Waals surface area contributed by atoms with Gasteiger partial charge in [0.1, 0.15) is 29.5 Å². The number of fused-ring (bicyclic) bond motifs is 1. The first-order valence-corrected chi connectivity index (χ1v) is 8.04. The predicted molar refractivity (Wildman–Crippen MR) is 93.6 cm³/mol. The number of ether oxygens (including phenoxy) is 1. The molecule has 7 heteroatoms. The maximum absolute atomic E-state index is 6.10. The molecule has 0 radical (unpaired) electrons. The molecule has 0 atom stereocenters. The summed E-state index contributed by atoms with van der Waals surface area (Å²) in [6.45, 7) is 0.877. The van der Waals surface area contributed by atoms with Gasteiger partial charge < -0.3 is 18.9 Å². The number of aromatic nitrogens is 2. The zero-order chi connectivity index (χ0) is 17.1. The van der Waals surface area contributed by atoms with Gasteiger partial charge in [-0.2, -0.15) is 0 Å². The second-order valence-corrected chi connectivity index (χ2v) is 5.68. The van der Waals surface area contributed by atoms with E-state index < -0.39 is 0 Å². The lowest BCUT2D eigenvalue weighted by atomic mass is 10.2. The SMILES string of the molecule is Clc1nc(NCc2ccco2)c2cccc(OCc3ccoc3)c2n1. The Kier molecular flexibility index (Phi) is 4.26. The molecule has 0 amide bonds. The van der Waals surface area contributed by atoms with Crippen molar-refractivity contribution in [3.8, 4) is 5.75 Å². The van der Waals surface area contributed by atoms with E-state index in [1.807, 2.05) is 36.4 Å². The molecule has 126 valence electrons. The largest absolute Gasteiger partial charge is 0.486 e. The van der Waals surface area contributed by atoms with Gasteiger partial charge >= 0.3 is 0 Å². The Morgan fingerprint density at radius 1 is 1.08 bits per heavy atom. The number of hydrogen-bond acceptors (Lipinski definition) is 6. The first-order chi connectivity index (χ1) is 12.3. The summed E-state index contributed by atoms with van der Waals surface area (Å²) in [4.78, 5) is 8.61. The van der Waals surface area contributed by atoms with E-state index >= 15 is 0 Å². The number of rotatable bonds is 6. The molecule has 0 saturated heterocycles. The van der Waals surface area contributed by atoms with Crippen molar-refractivity contribution in [1.82, 2.24) is 9.97 Å². The Balaban J connectivity index is 1.63. The molecule has 0 aliphatic heterocycles. The van der Waals surface area contributed by atoms with Crippen molar-refractivity contribution >= 4 is 28.3 Å². The van der Waals surface area contributed by atoms with Crippen molar-refractivity contribution < 1.29 is 13.6 Å². The fraction of sp³-hybridized carbons (Fsp3) is 0.111. The van der Waals surface area contributed by atoms with E-state index in [4.69, 9.17) is 25.2 Å². The Bertz CT molecular complexity index is 969. The van der Waals surface area contributed by atoms with Crippen LogP contribution in [0.1, 0.15) is 11.3 Å². The van der Waals surface area contributed by atoms with Gasteiger partial charge in [0.05, 0.1) is 25.3 Å². The van der Waals surface area contributed by atoms with Crippen LogP contribution in [0, 0.1) is 0 Å². The maximum atomic E-state index is 6.10. The van der Waals surface area contributed by atoms with Gasteiger partial charge in [-0.3, -0.25) is 0 Å². The third-order valence-electron chi connectivity index (χ3n) is 3.65. The predicted octanol–water partition coefficient (Wildman–Crippen LogP) is 4.66. The summed E-state index contributed by atoms with van der Waals surface area (Å²) in [5.41, 5.74) is 1.58. The van der Waals surface area contributed by atoms with Crippen LogP contribution in [-0.4, -0.2) is 9.97 Å². The summed E-state index contributed by atoms with van der Waals surface area (Å²) in [5.74, 6) is 2.06. The van der Waals surface area contributed by atoms with E-state index in [0.717, 1.165) is 16.7 Å². The van der Waals surface area contributed by atoms with E-state index in [-0.39, 0.29) is 5.28 Å². The highest BCUT2D eigenvalue weighted by Crippen LogP contribution is 2.30. The molecule has 1 N–H and O–H groups in total. The smallest absolute Gasteiger partial charge is 0.225 e. The number of hydrogen-bond donors (Lipinski definition) is 1. The zero-order valence-electron chi connectivity index (χ0n) is 13.1. The van der Waals surface area contributed by atoms with Crippen LogP contribution in [-0.2, 0) is 13.2 Å². The molecule has 0 aliphatic carbocycles. The highest BCUT2D eigenvalue weighted by molar-refractivity contribution is 6.29. The number of benzene rings is 1. The van der Waals surface area contributed by atoms with E-state index in [0.29, 0.717) is 30.2 Å². The maximum Gasteiger partial charge on any atom is 0.225 e.